The first-order valence-electron chi connectivity index (χ1n) is 14.5. The molecule has 0 spiro atoms. The van der Waals surface area contributed by atoms with Crippen molar-refractivity contribution >= 4 is 22.7 Å². The second-order valence-corrected chi connectivity index (χ2v) is 11.5. The lowest BCUT2D eigenvalue weighted by molar-refractivity contribution is -0.141. The standard InChI is InChI=1S/C33H33N5O3/c39-30-11-10-29(32(40)36-30)38-20-26-17-24(8-9-27(26)33(38)41)22-12-14-37(15-13-22)19-21-6-7-25-18-34-31(35-28(25)16-21)23-4-2-1-3-5-23/h1-9,16-18,22,29,33,41H,10-15,19-20H2,(H,36,39,40). The molecule has 2 saturated heterocycles. The van der Waals surface area contributed by atoms with Crippen molar-refractivity contribution in [3.05, 3.63) is 95.2 Å². The van der Waals surface area contributed by atoms with Gasteiger partial charge >= 0.3 is 0 Å². The largest absolute Gasteiger partial charge is 0.374 e. The predicted molar refractivity (Wildman–Crippen MR) is 155 cm³/mol. The van der Waals surface area contributed by atoms with Crippen molar-refractivity contribution in [3.63, 3.8) is 0 Å². The number of nitrogens with zero attached hydrogens (tertiary/aromatic N) is 4. The summed E-state index contributed by atoms with van der Waals surface area (Å²) in [7, 11) is 0. The van der Waals surface area contributed by atoms with Gasteiger partial charge in [-0.3, -0.25) is 24.7 Å². The van der Waals surface area contributed by atoms with E-state index in [1.807, 2.05) is 47.5 Å². The molecule has 4 aromatic rings. The maximum Gasteiger partial charge on any atom is 0.244 e. The molecular formula is C33H33N5O3. The highest BCUT2D eigenvalue weighted by molar-refractivity contribution is 6.00. The Balaban J connectivity index is 0.993. The summed E-state index contributed by atoms with van der Waals surface area (Å²) in [4.78, 5) is 37.7. The van der Waals surface area contributed by atoms with Gasteiger partial charge in [-0.05, 0) is 66.6 Å². The van der Waals surface area contributed by atoms with E-state index in [4.69, 9.17) is 4.98 Å². The van der Waals surface area contributed by atoms with E-state index in [0.717, 1.165) is 65.9 Å². The first kappa shape index (κ1) is 26.0. The van der Waals surface area contributed by atoms with Crippen LogP contribution in [0.4, 0.5) is 0 Å². The van der Waals surface area contributed by atoms with Crippen molar-refractivity contribution < 1.29 is 14.7 Å². The molecular weight excluding hydrogens is 514 g/mol. The molecule has 8 nitrogen and oxygen atoms in total. The quantitative estimate of drug-likeness (QED) is 0.360. The lowest BCUT2D eigenvalue weighted by Crippen LogP contribution is -2.51. The summed E-state index contributed by atoms with van der Waals surface area (Å²) < 4.78 is 0. The van der Waals surface area contributed by atoms with Crippen LogP contribution in [0.15, 0.2) is 72.9 Å². The molecule has 0 saturated carbocycles. The molecule has 2 unspecified atom stereocenters. The molecule has 2 fully saturated rings. The Kier molecular flexibility index (Phi) is 6.82. The third kappa shape index (κ3) is 5.14. The number of hydrogen-bond donors (Lipinski definition) is 2. The number of amides is 2. The summed E-state index contributed by atoms with van der Waals surface area (Å²) in [6.45, 7) is 3.45. The number of aliphatic hydroxyl groups is 1. The molecule has 4 heterocycles. The number of nitrogens with one attached hydrogen (secondary N) is 1. The number of aromatic nitrogens is 2. The van der Waals surface area contributed by atoms with Gasteiger partial charge in [-0.1, -0.05) is 60.7 Å². The van der Waals surface area contributed by atoms with Crippen LogP contribution in [0.2, 0.25) is 0 Å². The molecule has 41 heavy (non-hydrogen) atoms. The average Bonchev–Trinajstić information content (AvgIpc) is 3.32. The predicted octanol–water partition coefficient (Wildman–Crippen LogP) is 4.29. The zero-order valence-electron chi connectivity index (χ0n) is 22.9. The van der Waals surface area contributed by atoms with Crippen molar-refractivity contribution in [2.75, 3.05) is 13.1 Å². The molecule has 2 amide bonds. The molecule has 3 aliphatic heterocycles. The van der Waals surface area contributed by atoms with Crippen LogP contribution in [0.25, 0.3) is 22.3 Å². The van der Waals surface area contributed by atoms with Crippen molar-refractivity contribution in [3.8, 4) is 11.4 Å². The maximum absolute atomic E-state index is 12.4. The van der Waals surface area contributed by atoms with Crippen molar-refractivity contribution in [1.29, 1.82) is 0 Å². The van der Waals surface area contributed by atoms with Gasteiger partial charge in [-0.2, -0.15) is 0 Å². The fraction of sp³-hybridized carbons (Fsp3) is 0.333. The van der Waals surface area contributed by atoms with Crippen molar-refractivity contribution in [2.45, 2.75) is 57.0 Å². The molecule has 3 aliphatic rings. The molecule has 2 atom stereocenters. The molecule has 3 aromatic carbocycles. The fourth-order valence-corrected chi connectivity index (χ4v) is 6.59. The van der Waals surface area contributed by atoms with Crippen LogP contribution in [-0.4, -0.2) is 55.8 Å². The summed E-state index contributed by atoms with van der Waals surface area (Å²) in [6, 6.07) is 22.5. The highest BCUT2D eigenvalue weighted by Gasteiger charge is 2.40. The smallest absolute Gasteiger partial charge is 0.244 e. The third-order valence-electron chi connectivity index (χ3n) is 8.87. The first-order chi connectivity index (χ1) is 20.0. The Morgan fingerprint density at radius 2 is 1.78 bits per heavy atom. The number of likely N-dealkylation sites (tertiary alicyclic amines) is 1. The lowest BCUT2D eigenvalue weighted by Gasteiger charge is -2.32. The normalized spacial score (nSPS) is 22.2. The Hall–Kier alpha value is -3.98. The Labute approximate surface area is 239 Å². The van der Waals surface area contributed by atoms with Gasteiger partial charge in [-0.25, -0.2) is 9.97 Å². The van der Waals surface area contributed by atoms with E-state index in [2.05, 4.69) is 45.5 Å². The zero-order valence-corrected chi connectivity index (χ0v) is 22.9. The van der Waals surface area contributed by atoms with E-state index < -0.39 is 12.3 Å². The second kappa shape index (κ2) is 10.8. The Morgan fingerprint density at radius 1 is 0.951 bits per heavy atom. The number of carbonyl (C=O) groups excluding carboxylic acids is 2. The summed E-state index contributed by atoms with van der Waals surface area (Å²) in [6.07, 6.45) is 3.99. The minimum Gasteiger partial charge on any atom is -0.374 e. The second-order valence-electron chi connectivity index (χ2n) is 11.5. The maximum atomic E-state index is 12.4. The molecule has 7 rings (SSSR count). The number of benzene rings is 3. The van der Waals surface area contributed by atoms with Gasteiger partial charge in [0.25, 0.3) is 0 Å². The lowest BCUT2D eigenvalue weighted by atomic mass is 9.87. The number of hydrogen-bond acceptors (Lipinski definition) is 7. The van der Waals surface area contributed by atoms with Gasteiger partial charge in [0.1, 0.15) is 6.23 Å². The van der Waals surface area contributed by atoms with Crippen LogP contribution in [0.5, 0.6) is 0 Å². The van der Waals surface area contributed by atoms with E-state index in [-0.39, 0.29) is 11.8 Å². The van der Waals surface area contributed by atoms with Crippen LogP contribution in [0, 0.1) is 0 Å². The van der Waals surface area contributed by atoms with Crippen LogP contribution < -0.4 is 5.32 Å². The van der Waals surface area contributed by atoms with Gasteiger partial charge < -0.3 is 5.11 Å². The van der Waals surface area contributed by atoms with E-state index in [0.29, 0.717) is 25.3 Å². The van der Waals surface area contributed by atoms with Gasteiger partial charge in [0.05, 0.1) is 11.6 Å². The summed E-state index contributed by atoms with van der Waals surface area (Å²) >= 11 is 0. The number of carbonyl (C=O) groups is 2. The molecule has 8 heteroatoms. The summed E-state index contributed by atoms with van der Waals surface area (Å²) in [5.74, 6) is 0.670. The van der Waals surface area contributed by atoms with Crippen molar-refractivity contribution in [2.24, 2.45) is 0 Å². The minimum atomic E-state index is -0.819. The van der Waals surface area contributed by atoms with E-state index in [1.165, 1.54) is 11.1 Å². The average molecular weight is 548 g/mol. The Bertz CT molecular complexity index is 1620. The summed E-state index contributed by atoms with van der Waals surface area (Å²) in [5.41, 5.74) is 6.50. The van der Waals surface area contributed by atoms with Crippen molar-refractivity contribution in [1.82, 2.24) is 25.1 Å². The third-order valence-corrected chi connectivity index (χ3v) is 8.87. The number of rotatable bonds is 5. The summed E-state index contributed by atoms with van der Waals surface area (Å²) in [5, 5.41) is 14.4. The van der Waals surface area contributed by atoms with Crippen LogP contribution in [0.3, 0.4) is 0 Å². The molecule has 208 valence electrons. The van der Waals surface area contributed by atoms with Gasteiger partial charge in [0.2, 0.25) is 11.8 Å². The number of fused-ring (bicyclic) bond motifs is 2. The van der Waals surface area contributed by atoms with Gasteiger partial charge in [-0.15, -0.1) is 0 Å². The highest BCUT2D eigenvalue weighted by Crippen LogP contribution is 2.38. The first-order valence-corrected chi connectivity index (χ1v) is 14.5. The molecule has 0 aliphatic carbocycles. The van der Waals surface area contributed by atoms with Gasteiger partial charge in [0, 0.05) is 36.7 Å². The van der Waals surface area contributed by atoms with Crippen LogP contribution in [0.1, 0.15) is 60.1 Å². The minimum absolute atomic E-state index is 0.238. The number of piperidine rings is 2. The molecule has 2 N–H and O–H groups in total. The highest BCUT2D eigenvalue weighted by atomic mass is 16.3. The Morgan fingerprint density at radius 3 is 2.59 bits per heavy atom. The monoisotopic (exact) mass is 547 g/mol. The van der Waals surface area contributed by atoms with E-state index in [9.17, 15) is 14.7 Å². The number of aliphatic hydroxyl groups excluding tert-OH is 1. The van der Waals surface area contributed by atoms with E-state index in [1.54, 1.807) is 0 Å². The SMILES string of the molecule is O=C1CCC(N2Cc3cc(C4CCN(Cc5ccc6cnc(-c7ccccc7)nc6c5)CC4)ccc3C2O)C(=O)N1. The topological polar surface area (TPSA) is 98.7 Å². The molecule has 0 radical (unpaired) electrons. The van der Waals surface area contributed by atoms with Gasteiger partial charge in [0.15, 0.2) is 5.82 Å². The fourth-order valence-electron chi connectivity index (χ4n) is 6.59. The van der Waals surface area contributed by atoms with Crippen LogP contribution >= 0.6 is 0 Å². The molecule has 1 aromatic heterocycles. The molecule has 0 bridgehead atoms. The zero-order chi connectivity index (χ0) is 27.9. The van der Waals surface area contributed by atoms with Crippen LogP contribution in [-0.2, 0) is 22.7 Å². The van der Waals surface area contributed by atoms with E-state index >= 15 is 0 Å². The number of imide groups is 1.